The molecule has 0 aliphatic heterocycles. The van der Waals surface area contributed by atoms with Crippen molar-refractivity contribution in [3.63, 3.8) is 0 Å². The maximum absolute atomic E-state index is 8.74. The predicted octanol–water partition coefficient (Wildman–Crippen LogP) is -0.705. The highest BCUT2D eigenvalue weighted by Crippen LogP contribution is 1.99. The Balaban J connectivity index is 0. The van der Waals surface area contributed by atoms with Gasteiger partial charge in [0, 0.05) is 12.4 Å². The number of aliphatic hydroxyl groups excluding tert-OH is 1. The average Bonchev–Trinajstić information content (AvgIpc) is 2.17. The van der Waals surface area contributed by atoms with E-state index in [9.17, 15) is 0 Å². The molecule has 0 radical (unpaired) electrons. The molecule has 0 bridgehead atoms. The number of nitrogens with zero attached hydrogens (tertiary/aromatic N) is 1. The number of rotatable bonds is 1. The Morgan fingerprint density at radius 1 is 1.00 bits per heavy atom. The Morgan fingerprint density at radius 3 is 1.50 bits per heavy atom. The molecular weight excluding hydrogens is 260 g/mol. The highest BCUT2D eigenvalue weighted by Gasteiger charge is 1.81. The molecule has 0 saturated carbocycles. The van der Waals surface area contributed by atoms with Crippen LogP contribution in [0.15, 0.2) is 24.5 Å². The minimum absolute atomic E-state index is 0.0997. The Bertz CT molecular complexity index is 287. The summed E-state index contributed by atoms with van der Waals surface area (Å²) in [5, 5.41) is 8.51. The van der Waals surface area contributed by atoms with Gasteiger partial charge in [-0.05, 0) is 17.7 Å². The van der Waals surface area contributed by atoms with E-state index in [1.165, 1.54) is 0 Å². The summed E-state index contributed by atoms with van der Waals surface area (Å²) in [6, 6.07) is 3.56. The maximum Gasteiger partial charge on any atom is 0.314 e. The van der Waals surface area contributed by atoms with E-state index in [0.717, 1.165) is 5.56 Å². The van der Waals surface area contributed by atoms with Crippen LogP contribution >= 0.6 is 16.5 Å². The fraction of sp³-hybridized carbons (Fsp3) is 0.167. The Kier molecular flexibility index (Phi) is 13.9. The first-order valence-corrected chi connectivity index (χ1v) is 6.34. The van der Waals surface area contributed by atoms with Crippen LogP contribution in [0.4, 0.5) is 0 Å². The van der Waals surface area contributed by atoms with Gasteiger partial charge in [0.15, 0.2) is 0 Å². The second kappa shape index (κ2) is 12.5. The Labute approximate surface area is 92.8 Å². The molecule has 0 aliphatic rings. The lowest BCUT2D eigenvalue weighted by atomic mass is 10.3. The molecule has 1 rings (SSSR count). The van der Waals surface area contributed by atoms with Crippen molar-refractivity contribution >= 4 is 16.5 Å². The van der Waals surface area contributed by atoms with Crippen LogP contribution in [0.5, 0.6) is 0 Å². The lowest BCUT2D eigenvalue weighted by Gasteiger charge is -1.88. The second-order valence-corrected chi connectivity index (χ2v) is 3.21. The summed E-state index contributed by atoms with van der Waals surface area (Å²) in [4.78, 5) is 32.4. The lowest BCUT2D eigenvalue weighted by molar-refractivity contribution is 0.281. The molecule has 5 N–H and O–H groups in total. The van der Waals surface area contributed by atoms with Crippen molar-refractivity contribution in [2.24, 2.45) is 0 Å². The zero-order chi connectivity index (χ0) is 13.0. The maximum atomic E-state index is 8.74. The van der Waals surface area contributed by atoms with Crippen LogP contribution in [-0.2, 0) is 15.7 Å². The van der Waals surface area contributed by atoms with E-state index in [2.05, 4.69) is 4.98 Å². The summed E-state index contributed by atoms with van der Waals surface area (Å²) in [6.07, 6.45) is 3.32. The Hall–Kier alpha value is -0.590. The zero-order valence-corrected chi connectivity index (χ0v) is 10.0. The number of aromatic nitrogens is 1. The molecule has 0 aromatic carbocycles. The van der Waals surface area contributed by atoms with Crippen LogP contribution in [0.3, 0.4) is 0 Å². The van der Waals surface area contributed by atoms with Crippen LogP contribution in [0, 0.1) is 0 Å². The van der Waals surface area contributed by atoms with Gasteiger partial charge in [-0.25, -0.2) is 0 Å². The largest absolute Gasteiger partial charge is 0.392 e. The van der Waals surface area contributed by atoms with Crippen LogP contribution in [0.2, 0.25) is 0 Å². The molecule has 0 aliphatic carbocycles. The van der Waals surface area contributed by atoms with Crippen LogP contribution in [-0.4, -0.2) is 29.7 Å². The monoisotopic (exact) mass is 273 g/mol. The van der Waals surface area contributed by atoms with Gasteiger partial charge in [0.2, 0.25) is 0 Å². The van der Waals surface area contributed by atoms with Crippen molar-refractivity contribution in [3.8, 4) is 0 Å². The number of pyridine rings is 1. The normalized spacial score (nSPS) is 8.94. The van der Waals surface area contributed by atoms with E-state index in [0.29, 0.717) is 0 Å². The fourth-order valence-corrected chi connectivity index (χ4v) is 0.488. The van der Waals surface area contributed by atoms with Gasteiger partial charge in [0.1, 0.15) is 0 Å². The molecule has 10 heteroatoms. The lowest BCUT2D eigenvalue weighted by Crippen LogP contribution is -1.80. The second-order valence-electron chi connectivity index (χ2n) is 2.08. The number of hydrogen-bond acceptors (Lipinski definition) is 4. The molecule has 0 unspecified atom stereocenters. The van der Waals surface area contributed by atoms with Gasteiger partial charge in [-0.3, -0.25) is 14.1 Å². The third kappa shape index (κ3) is 23.3. The first-order chi connectivity index (χ1) is 7.40. The van der Waals surface area contributed by atoms with Crippen molar-refractivity contribution in [2.45, 2.75) is 6.61 Å². The van der Waals surface area contributed by atoms with Crippen LogP contribution in [0.25, 0.3) is 0 Å². The first kappa shape index (κ1) is 17.8. The van der Waals surface area contributed by atoms with E-state index >= 15 is 0 Å². The third-order valence-electron chi connectivity index (χ3n) is 0.932. The van der Waals surface area contributed by atoms with E-state index in [4.69, 9.17) is 33.8 Å². The van der Waals surface area contributed by atoms with Gasteiger partial charge >= 0.3 is 16.5 Å². The van der Waals surface area contributed by atoms with Gasteiger partial charge in [0.05, 0.1) is 6.61 Å². The summed E-state index contributed by atoms with van der Waals surface area (Å²) in [6.45, 7) is 0.0997. The summed E-state index contributed by atoms with van der Waals surface area (Å²) in [5.74, 6) is 0. The minimum atomic E-state index is -3.13. The molecule has 1 heterocycles. The molecule has 16 heavy (non-hydrogen) atoms. The first-order valence-electron chi connectivity index (χ1n) is 3.73. The number of hydrogen-bond donors (Lipinski definition) is 5. The molecule has 94 valence electrons. The summed E-state index contributed by atoms with van der Waals surface area (Å²) in [5.41, 5.74) is 0.903. The van der Waals surface area contributed by atoms with E-state index in [-0.39, 0.29) is 6.61 Å². The van der Waals surface area contributed by atoms with Gasteiger partial charge in [-0.1, -0.05) is 0 Å². The van der Waals surface area contributed by atoms with Gasteiger partial charge in [-0.2, -0.15) is 0 Å². The minimum Gasteiger partial charge on any atom is -0.392 e. The zero-order valence-electron chi connectivity index (χ0n) is 8.02. The average molecular weight is 273 g/mol. The Morgan fingerprint density at radius 2 is 1.31 bits per heavy atom. The molecule has 1 aromatic heterocycles. The van der Waals surface area contributed by atoms with E-state index in [1.54, 1.807) is 24.5 Å². The molecule has 0 saturated heterocycles. The van der Waals surface area contributed by atoms with Crippen molar-refractivity contribution in [3.05, 3.63) is 30.1 Å². The fourth-order valence-electron chi connectivity index (χ4n) is 0.488. The smallest absolute Gasteiger partial charge is 0.314 e. The molecule has 1 aromatic rings. The highest BCUT2D eigenvalue weighted by molar-refractivity contribution is 7.31. The SMILES string of the molecule is O=[PH](O)O.O=[PH](O)O.OCc1ccncc1. The predicted molar refractivity (Wildman–Crippen MR) is 57.0 cm³/mol. The molecular formula is C6H13NO7P2. The number of aliphatic hydroxyl groups is 1. The van der Waals surface area contributed by atoms with E-state index < -0.39 is 16.5 Å². The van der Waals surface area contributed by atoms with Crippen molar-refractivity contribution < 1.29 is 33.8 Å². The molecule has 0 amide bonds. The van der Waals surface area contributed by atoms with Crippen molar-refractivity contribution in [2.75, 3.05) is 0 Å². The van der Waals surface area contributed by atoms with Gasteiger partial charge in [-0.15, -0.1) is 0 Å². The third-order valence-corrected chi connectivity index (χ3v) is 0.932. The van der Waals surface area contributed by atoms with Crippen molar-refractivity contribution in [1.29, 1.82) is 0 Å². The van der Waals surface area contributed by atoms with Crippen molar-refractivity contribution in [1.82, 2.24) is 4.98 Å². The van der Waals surface area contributed by atoms with E-state index in [1.807, 2.05) is 0 Å². The molecule has 0 spiro atoms. The summed E-state index contributed by atoms with van der Waals surface area (Å²) in [7, 11) is -6.26. The quantitative estimate of drug-likeness (QED) is 0.421. The molecule has 8 nitrogen and oxygen atoms in total. The summed E-state index contributed by atoms with van der Waals surface area (Å²) >= 11 is 0. The molecule has 0 fully saturated rings. The summed E-state index contributed by atoms with van der Waals surface area (Å²) < 4.78 is 17.5. The van der Waals surface area contributed by atoms with Gasteiger partial charge < -0.3 is 24.7 Å². The standard InChI is InChI=1S/C6H7NO.2H3O3P/c8-5-6-1-3-7-4-2-6;2*1-4(2)3/h1-4,8H,5H2;2*4H,(H2,1,2,3). The highest BCUT2D eigenvalue weighted by atomic mass is 31.1. The van der Waals surface area contributed by atoms with Crippen LogP contribution in [0.1, 0.15) is 5.56 Å². The molecule has 0 atom stereocenters. The van der Waals surface area contributed by atoms with Gasteiger partial charge in [0.25, 0.3) is 0 Å². The van der Waals surface area contributed by atoms with Crippen LogP contribution < -0.4 is 0 Å². The topological polar surface area (TPSA) is 148 Å².